The summed E-state index contributed by atoms with van der Waals surface area (Å²) >= 11 is 0. The monoisotopic (exact) mass is 192 g/mol. The average Bonchev–Trinajstić information content (AvgIpc) is 2.14. The average molecular weight is 192 g/mol. The maximum absolute atomic E-state index is 10.1. The minimum absolute atomic E-state index is 0.320. The van der Waals surface area contributed by atoms with E-state index in [9.17, 15) is 5.11 Å². The van der Waals surface area contributed by atoms with Gasteiger partial charge in [0.25, 0.3) is 0 Å². The van der Waals surface area contributed by atoms with Gasteiger partial charge in [0.05, 0.1) is 0 Å². The molecular weight excluding hydrogens is 176 g/mol. The van der Waals surface area contributed by atoms with Crippen LogP contribution in [-0.2, 0) is 0 Å². The molecule has 3 heteroatoms. The fraction of sp³-hybridized carbons (Fsp3) is 0.545. The summed E-state index contributed by atoms with van der Waals surface area (Å²) in [7, 11) is 0. The van der Waals surface area contributed by atoms with Gasteiger partial charge in [0.2, 0.25) is 0 Å². The van der Waals surface area contributed by atoms with Gasteiger partial charge in [-0.3, -0.25) is 4.98 Å². The molecule has 1 aromatic heterocycles. The van der Waals surface area contributed by atoms with Gasteiger partial charge in [-0.05, 0) is 18.1 Å². The van der Waals surface area contributed by atoms with Gasteiger partial charge in [-0.25, -0.2) is 0 Å². The maximum atomic E-state index is 10.1. The van der Waals surface area contributed by atoms with Crippen molar-refractivity contribution in [3.63, 3.8) is 0 Å². The van der Waals surface area contributed by atoms with E-state index in [0.29, 0.717) is 5.92 Å². The van der Waals surface area contributed by atoms with Crippen molar-refractivity contribution in [3.8, 4) is 0 Å². The molecule has 2 rings (SSSR count). The van der Waals surface area contributed by atoms with E-state index in [4.69, 9.17) is 0 Å². The van der Waals surface area contributed by atoms with Crippen molar-refractivity contribution in [2.75, 3.05) is 18.0 Å². The Balaban J connectivity index is 2.02. The molecule has 0 spiro atoms. The van der Waals surface area contributed by atoms with Crippen molar-refractivity contribution in [1.29, 1.82) is 0 Å². The van der Waals surface area contributed by atoms with Crippen LogP contribution in [0.25, 0.3) is 0 Å². The summed E-state index contributed by atoms with van der Waals surface area (Å²) in [5.74, 6) is 0.320. The van der Waals surface area contributed by atoms with Crippen molar-refractivity contribution in [2.45, 2.75) is 19.4 Å². The van der Waals surface area contributed by atoms with E-state index in [-0.39, 0.29) is 0 Å². The Morgan fingerprint density at radius 1 is 1.36 bits per heavy atom. The second-order valence-electron chi connectivity index (χ2n) is 4.32. The number of anilines is 1. The van der Waals surface area contributed by atoms with Crippen LogP contribution in [-0.4, -0.2) is 28.8 Å². The lowest BCUT2D eigenvalue weighted by Crippen LogP contribution is -2.64. The first kappa shape index (κ1) is 9.46. The van der Waals surface area contributed by atoms with Crippen LogP contribution >= 0.6 is 0 Å². The summed E-state index contributed by atoms with van der Waals surface area (Å²) in [5.41, 5.74) is 0.647. The third-order valence-corrected chi connectivity index (χ3v) is 3.03. The normalized spacial score (nSPS) is 19.6. The summed E-state index contributed by atoms with van der Waals surface area (Å²) < 4.78 is 0. The highest BCUT2D eigenvalue weighted by molar-refractivity contribution is 5.49. The molecule has 0 saturated carbocycles. The van der Waals surface area contributed by atoms with Gasteiger partial charge in [0.1, 0.15) is 5.60 Å². The first-order valence-electron chi connectivity index (χ1n) is 4.99. The fourth-order valence-corrected chi connectivity index (χ4v) is 1.72. The van der Waals surface area contributed by atoms with Gasteiger partial charge < -0.3 is 10.0 Å². The standard InChI is InChI=1S/C11H16N2O/c1-9(2)11(14)7-13(8-11)10-3-5-12-6-4-10/h3-6,9,14H,7-8H2,1-2H3. The third-order valence-electron chi connectivity index (χ3n) is 3.03. The highest BCUT2D eigenvalue weighted by atomic mass is 16.3. The second-order valence-corrected chi connectivity index (χ2v) is 4.32. The van der Waals surface area contributed by atoms with Crippen LogP contribution in [0.3, 0.4) is 0 Å². The molecule has 0 aliphatic carbocycles. The molecular formula is C11H16N2O. The van der Waals surface area contributed by atoms with E-state index in [2.05, 4.69) is 23.7 Å². The molecule has 14 heavy (non-hydrogen) atoms. The molecule has 2 heterocycles. The van der Waals surface area contributed by atoms with E-state index >= 15 is 0 Å². The molecule has 1 aliphatic heterocycles. The number of rotatable bonds is 2. The van der Waals surface area contributed by atoms with E-state index in [1.807, 2.05) is 12.1 Å². The van der Waals surface area contributed by atoms with E-state index in [1.165, 1.54) is 0 Å². The smallest absolute Gasteiger partial charge is 0.102 e. The van der Waals surface area contributed by atoms with Gasteiger partial charge in [-0.1, -0.05) is 13.8 Å². The summed E-state index contributed by atoms with van der Waals surface area (Å²) in [4.78, 5) is 6.14. The second kappa shape index (κ2) is 3.24. The first-order valence-corrected chi connectivity index (χ1v) is 4.99. The Bertz CT molecular complexity index is 304. The van der Waals surface area contributed by atoms with Crippen LogP contribution in [0.5, 0.6) is 0 Å². The summed E-state index contributed by atoms with van der Waals surface area (Å²) in [6.45, 7) is 5.58. The van der Waals surface area contributed by atoms with Gasteiger partial charge in [-0.15, -0.1) is 0 Å². The molecule has 1 fully saturated rings. The minimum Gasteiger partial charge on any atom is -0.386 e. The van der Waals surface area contributed by atoms with Crippen molar-refractivity contribution in [1.82, 2.24) is 4.98 Å². The highest BCUT2D eigenvalue weighted by Gasteiger charge is 2.43. The van der Waals surface area contributed by atoms with Crippen LogP contribution in [0.4, 0.5) is 5.69 Å². The van der Waals surface area contributed by atoms with E-state index in [1.54, 1.807) is 12.4 Å². The molecule has 76 valence electrons. The SMILES string of the molecule is CC(C)C1(O)CN(c2ccncc2)C1. The predicted octanol–water partition coefficient (Wildman–Crippen LogP) is 1.29. The Kier molecular flexibility index (Phi) is 2.19. The number of nitrogens with zero attached hydrogens (tertiary/aromatic N) is 2. The lowest BCUT2D eigenvalue weighted by Gasteiger charge is -2.50. The number of aromatic nitrogens is 1. The largest absolute Gasteiger partial charge is 0.386 e. The Hall–Kier alpha value is -1.09. The van der Waals surface area contributed by atoms with Crippen LogP contribution in [0.2, 0.25) is 0 Å². The topological polar surface area (TPSA) is 36.4 Å². The molecule has 0 radical (unpaired) electrons. The molecule has 1 aromatic rings. The fourth-order valence-electron chi connectivity index (χ4n) is 1.72. The number of hydrogen-bond donors (Lipinski definition) is 1. The van der Waals surface area contributed by atoms with Crippen LogP contribution in [0, 0.1) is 5.92 Å². The number of hydrogen-bond acceptors (Lipinski definition) is 3. The zero-order chi connectivity index (χ0) is 10.2. The maximum Gasteiger partial charge on any atom is 0.102 e. The Labute approximate surface area is 84.4 Å². The molecule has 0 bridgehead atoms. The third kappa shape index (κ3) is 1.48. The van der Waals surface area contributed by atoms with Crippen molar-refractivity contribution in [3.05, 3.63) is 24.5 Å². The predicted molar refractivity (Wildman–Crippen MR) is 56.2 cm³/mol. The Morgan fingerprint density at radius 2 is 1.93 bits per heavy atom. The summed E-state index contributed by atoms with van der Waals surface area (Å²) in [6, 6.07) is 3.94. The molecule has 0 amide bonds. The molecule has 0 unspecified atom stereocenters. The lowest BCUT2D eigenvalue weighted by molar-refractivity contribution is -0.0300. The number of pyridine rings is 1. The molecule has 0 atom stereocenters. The van der Waals surface area contributed by atoms with Crippen LogP contribution in [0.1, 0.15) is 13.8 Å². The lowest BCUT2D eigenvalue weighted by atomic mass is 9.83. The molecule has 3 nitrogen and oxygen atoms in total. The summed E-state index contributed by atoms with van der Waals surface area (Å²) in [5, 5.41) is 10.1. The highest BCUT2D eigenvalue weighted by Crippen LogP contribution is 2.32. The van der Waals surface area contributed by atoms with E-state index < -0.39 is 5.60 Å². The first-order chi connectivity index (χ1) is 6.62. The van der Waals surface area contributed by atoms with Gasteiger partial charge in [0.15, 0.2) is 0 Å². The molecule has 0 aromatic carbocycles. The van der Waals surface area contributed by atoms with Crippen LogP contribution in [0.15, 0.2) is 24.5 Å². The van der Waals surface area contributed by atoms with Gasteiger partial charge >= 0.3 is 0 Å². The molecule has 1 N–H and O–H groups in total. The van der Waals surface area contributed by atoms with Gasteiger partial charge in [-0.2, -0.15) is 0 Å². The zero-order valence-electron chi connectivity index (χ0n) is 8.64. The van der Waals surface area contributed by atoms with Gasteiger partial charge in [0, 0.05) is 31.2 Å². The van der Waals surface area contributed by atoms with Crippen LogP contribution < -0.4 is 4.90 Å². The number of aliphatic hydroxyl groups is 1. The molecule has 1 saturated heterocycles. The van der Waals surface area contributed by atoms with Crippen molar-refractivity contribution in [2.24, 2.45) is 5.92 Å². The number of β-amino-alcohol motifs (C(OH)–C–C–N with tert-alkyl or cyclic N) is 1. The quantitative estimate of drug-likeness (QED) is 0.767. The zero-order valence-corrected chi connectivity index (χ0v) is 8.64. The van der Waals surface area contributed by atoms with Crippen molar-refractivity contribution >= 4 is 5.69 Å². The van der Waals surface area contributed by atoms with E-state index in [0.717, 1.165) is 18.8 Å². The van der Waals surface area contributed by atoms with Crippen molar-refractivity contribution < 1.29 is 5.11 Å². The Morgan fingerprint density at radius 3 is 2.43 bits per heavy atom. The summed E-state index contributed by atoms with van der Waals surface area (Å²) in [6.07, 6.45) is 3.56. The molecule has 1 aliphatic rings. The minimum atomic E-state index is -0.497.